The first kappa shape index (κ1) is 15.9. The predicted octanol–water partition coefficient (Wildman–Crippen LogP) is 3.57. The van der Waals surface area contributed by atoms with E-state index >= 15 is 0 Å². The third-order valence-corrected chi connectivity index (χ3v) is 4.65. The molecule has 1 aromatic carbocycles. The van der Waals surface area contributed by atoms with Crippen LogP contribution in [0.3, 0.4) is 0 Å². The minimum atomic E-state index is 0.688. The molecule has 0 aliphatic carbocycles. The molecule has 1 N–H and O–H groups in total. The number of benzene rings is 1. The summed E-state index contributed by atoms with van der Waals surface area (Å²) in [7, 11) is 0. The van der Waals surface area contributed by atoms with Gasteiger partial charge in [-0.3, -0.25) is 0 Å². The van der Waals surface area contributed by atoms with Crippen LogP contribution in [0.2, 0.25) is 0 Å². The summed E-state index contributed by atoms with van der Waals surface area (Å²) in [5.41, 5.74) is 3.67. The maximum absolute atomic E-state index is 5.49. The standard InChI is InChI=1S/C20H19N5O2/c1-2-18(27-11-1)17-14-25-8-7-21-20(25)19(23-17)22-15-3-5-16(6-4-15)24-9-12-26-13-10-24/h1-8,11,14H,9-10,12-13H2,(H,22,23). The van der Waals surface area contributed by atoms with Gasteiger partial charge >= 0.3 is 0 Å². The Morgan fingerprint density at radius 2 is 1.89 bits per heavy atom. The molecule has 1 saturated heterocycles. The fourth-order valence-corrected chi connectivity index (χ4v) is 3.27. The summed E-state index contributed by atoms with van der Waals surface area (Å²) in [6.07, 6.45) is 7.21. The molecule has 1 aliphatic heterocycles. The highest BCUT2D eigenvalue weighted by atomic mass is 16.5. The van der Waals surface area contributed by atoms with Crippen LogP contribution in [0.1, 0.15) is 0 Å². The van der Waals surface area contributed by atoms with Crippen LogP contribution in [-0.2, 0) is 4.74 Å². The zero-order valence-electron chi connectivity index (χ0n) is 14.7. The molecule has 7 heteroatoms. The molecule has 136 valence electrons. The minimum absolute atomic E-state index is 0.688. The molecule has 0 atom stereocenters. The first-order valence-corrected chi connectivity index (χ1v) is 8.94. The third kappa shape index (κ3) is 3.13. The summed E-state index contributed by atoms with van der Waals surface area (Å²) < 4.78 is 12.9. The Labute approximate surface area is 156 Å². The second-order valence-corrected chi connectivity index (χ2v) is 6.38. The second-order valence-electron chi connectivity index (χ2n) is 6.38. The lowest BCUT2D eigenvalue weighted by Gasteiger charge is -2.28. The zero-order valence-corrected chi connectivity index (χ0v) is 14.7. The predicted molar refractivity (Wildman–Crippen MR) is 103 cm³/mol. The summed E-state index contributed by atoms with van der Waals surface area (Å²) in [6.45, 7) is 3.41. The van der Waals surface area contributed by atoms with Gasteiger partial charge in [-0.2, -0.15) is 0 Å². The number of ether oxygens (including phenoxy) is 1. The second kappa shape index (κ2) is 6.77. The number of rotatable bonds is 4. The van der Waals surface area contributed by atoms with Crippen LogP contribution in [0.25, 0.3) is 17.1 Å². The molecule has 0 spiro atoms. The van der Waals surface area contributed by atoms with Gasteiger partial charge in [-0.1, -0.05) is 0 Å². The number of hydrogen-bond donors (Lipinski definition) is 1. The average molecular weight is 361 g/mol. The van der Waals surface area contributed by atoms with Gasteiger partial charge in [0.15, 0.2) is 17.2 Å². The maximum Gasteiger partial charge on any atom is 0.180 e. The van der Waals surface area contributed by atoms with Gasteiger partial charge in [-0.05, 0) is 36.4 Å². The van der Waals surface area contributed by atoms with Gasteiger partial charge in [-0.15, -0.1) is 0 Å². The molecule has 1 aliphatic rings. The molecular formula is C20H19N5O2. The van der Waals surface area contributed by atoms with Crippen LogP contribution in [-0.4, -0.2) is 40.7 Å². The van der Waals surface area contributed by atoms with E-state index < -0.39 is 0 Å². The van der Waals surface area contributed by atoms with E-state index in [-0.39, 0.29) is 0 Å². The maximum atomic E-state index is 5.49. The molecule has 3 aromatic heterocycles. The van der Waals surface area contributed by atoms with Gasteiger partial charge in [0.1, 0.15) is 5.69 Å². The number of nitrogens with one attached hydrogen (secondary N) is 1. The molecule has 1 fully saturated rings. The van der Waals surface area contributed by atoms with Crippen LogP contribution in [0.5, 0.6) is 0 Å². The first-order chi connectivity index (χ1) is 13.4. The highest BCUT2D eigenvalue weighted by Gasteiger charge is 2.13. The molecule has 0 amide bonds. The number of morpholine rings is 1. The van der Waals surface area contributed by atoms with E-state index in [0.717, 1.165) is 49.1 Å². The van der Waals surface area contributed by atoms with Crippen LogP contribution in [0.4, 0.5) is 17.2 Å². The number of anilines is 3. The van der Waals surface area contributed by atoms with Crippen molar-refractivity contribution in [3.8, 4) is 11.5 Å². The molecule has 0 radical (unpaired) electrons. The van der Waals surface area contributed by atoms with Gasteiger partial charge in [-0.25, -0.2) is 9.97 Å². The highest BCUT2D eigenvalue weighted by molar-refractivity contribution is 5.73. The van der Waals surface area contributed by atoms with Crippen LogP contribution < -0.4 is 10.2 Å². The van der Waals surface area contributed by atoms with E-state index in [1.807, 2.05) is 28.9 Å². The number of hydrogen-bond acceptors (Lipinski definition) is 6. The van der Waals surface area contributed by atoms with Crippen molar-refractivity contribution in [2.24, 2.45) is 0 Å². The highest BCUT2D eigenvalue weighted by Crippen LogP contribution is 2.26. The van der Waals surface area contributed by atoms with Gasteiger partial charge in [0.25, 0.3) is 0 Å². The Morgan fingerprint density at radius 1 is 1.04 bits per heavy atom. The van der Waals surface area contributed by atoms with Crippen molar-refractivity contribution in [1.82, 2.24) is 14.4 Å². The van der Waals surface area contributed by atoms with E-state index in [2.05, 4.69) is 39.5 Å². The molecule has 27 heavy (non-hydrogen) atoms. The molecule has 5 rings (SSSR count). The van der Waals surface area contributed by atoms with E-state index in [1.54, 1.807) is 12.5 Å². The lowest BCUT2D eigenvalue weighted by Crippen LogP contribution is -2.36. The van der Waals surface area contributed by atoms with Crippen LogP contribution >= 0.6 is 0 Å². The Hall–Kier alpha value is -3.32. The van der Waals surface area contributed by atoms with Crippen molar-refractivity contribution in [2.45, 2.75) is 0 Å². The Balaban J connectivity index is 1.44. The molecule has 0 saturated carbocycles. The summed E-state index contributed by atoms with van der Waals surface area (Å²) in [5.74, 6) is 1.41. The lowest BCUT2D eigenvalue weighted by molar-refractivity contribution is 0.122. The molecule has 0 unspecified atom stereocenters. The van der Waals surface area contributed by atoms with E-state index in [4.69, 9.17) is 14.1 Å². The van der Waals surface area contributed by atoms with Crippen LogP contribution in [0.15, 0.2) is 65.7 Å². The lowest BCUT2D eigenvalue weighted by atomic mass is 10.2. The van der Waals surface area contributed by atoms with Crippen molar-refractivity contribution in [3.63, 3.8) is 0 Å². The van der Waals surface area contributed by atoms with Crippen molar-refractivity contribution >= 4 is 22.8 Å². The van der Waals surface area contributed by atoms with Crippen molar-refractivity contribution in [1.29, 1.82) is 0 Å². The Kier molecular flexibility index (Phi) is 3.99. The number of imidazole rings is 1. The van der Waals surface area contributed by atoms with Gasteiger partial charge < -0.3 is 23.8 Å². The van der Waals surface area contributed by atoms with E-state index in [0.29, 0.717) is 5.82 Å². The Bertz CT molecular complexity index is 1030. The third-order valence-electron chi connectivity index (χ3n) is 4.65. The molecule has 4 heterocycles. The normalized spacial score (nSPS) is 14.6. The molecular weight excluding hydrogens is 342 g/mol. The minimum Gasteiger partial charge on any atom is -0.463 e. The van der Waals surface area contributed by atoms with Gasteiger partial charge in [0.2, 0.25) is 0 Å². The van der Waals surface area contributed by atoms with Gasteiger partial charge in [0, 0.05) is 43.1 Å². The Morgan fingerprint density at radius 3 is 2.67 bits per heavy atom. The summed E-state index contributed by atoms with van der Waals surface area (Å²) in [5, 5.41) is 3.39. The number of nitrogens with zero attached hydrogens (tertiary/aromatic N) is 4. The fraction of sp³-hybridized carbons (Fsp3) is 0.200. The first-order valence-electron chi connectivity index (χ1n) is 8.94. The largest absolute Gasteiger partial charge is 0.463 e. The smallest absolute Gasteiger partial charge is 0.180 e. The summed E-state index contributed by atoms with van der Waals surface area (Å²) in [4.78, 5) is 11.5. The summed E-state index contributed by atoms with van der Waals surface area (Å²) >= 11 is 0. The zero-order chi connectivity index (χ0) is 18.1. The molecule has 4 aromatic rings. The number of furan rings is 1. The molecule has 7 nitrogen and oxygen atoms in total. The SMILES string of the molecule is c1coc(-c2cn3ccnc3c(Nc3ccc(N4CCOCC4)cc3)n2)c1. The van der Waals surface area contributed by atoms with E-state index in [9.17, 15) is 0 Å². The molecule has 0 bridgehead atoms. The number of aromatic nitrogens is 3. The van der Waals surface area contributed by atoms with E-state index in [1.165, 1.54) is 5.69 Å². The van der Waals surface area contributed by atoms with Crippen molar-refractivity contribution in [3.05, 3.63) is 61.3 Å². The quantitative estimate of drug-likeness (QED) is 0.599. The topological polar surface area (TPSA) is 67.8 Å². The fourth-order valence-electron chi connectivity index (χ4n) is 3.27. The monoisotopic (exact) mass is 361 g/mol. The summed E-state index contributed by atoms with van der Waals surface area (Å²) in [6, 6.07) is 12.1. The average Bonchev–Trinajstić information content (AvgIpc) is 3.41. The van der Waals surface area contributed by atoms with Crippen molar-refractivity contribution in [2.75, 3.05) is 36.5 Å². The van der Waals surface area contributed by atoms with Crippen molar-refractivity contribution < 1.29 is 9.15 Å². The van der Waals surface area contributed by atoms with Gasteiger partial charge in [0.05, 0.1) is 19.5 Å². The van der Waals surface area contributed by atoms with Crippen LogP contribution in [0, 0.1) is 0 Å². The number of fused-ring (bicyclic) bond motifs is 1.